The minimum atomic E-state index is -0.783. The number of allylic oxidation sites excluding steroid dienone is 22. The Morgan fingerprint density at radius 1 is 0.263 bits per heavy atom. The van der Waals surface area contributed by atoms with Crippen molar-refractivity contribution in [3.63, 3.8) is 0 Å². The van der Waals surface area contributed by atoms with E-state index in [4.69, 9.17) is 14.2 Å². The lowest BCUT2D eigenvalue weighted by atomic mass is 10.0. The van der Waals surface area contributed by atoms with Gasteiger partial charge in [0, 0.05) is 19.3 Å². The molecule has 80 heavy (non-hydrogen) atoms. The van der Waals surface area contributed by atoms with Crippen LogP contribution in [0.25, 0.3) is 0 Å². The molecule has 0 fully saturated rings. The smallest absolute Gasteiger partial charge is 0.306 e. The molecule has 0 saturated heterocycles. The van der Waals surface area contributed by atoms with Crippen LogP contribution in [0.5, 0.6) is 0 Å². The van der Waals surface area contributed by atoms with Gasteiger partial charge in [0.1, 0.15) is 13.2 Å². The molecule has 0 aliphatic carbocycles. The summed E-state index contributed by atoms with van der Waals surface area (Å²) in [4.78, 5) is 38.1. The molecule has 0 N–H and O–H groups in total. The molecule has 0 aromatic rings. The SMILES string of the molecule is CC/C=C\C/C=C\C/C=C\C/C=C\C/C=C\C/C=C\C/C=C\CCCCCCCCCCCC(=O)OCC(COC(=O)CCCCCCCC)OC(=O)CCCCCCCCCCCCCC/C=C\C/C=C\C/C=C\C/C=C\CC. The van der Waals surface area contributed by atoms with E-state index >= 15 is 0 Å². The minimum absolute atomic E-state index is 0.0819. The second-order valence-electron chi connectivity index (χ2n) is 21.6. The van der Waals surface area contributed by atoms with Gasteiger partial charge in [0.05, 0.1) is 0 Å². The molecule has 0 heterocycles. The number of carbonyl (C=O) groups excluding carboxylic acids is 3. The van der Waals surface area contributed by atoms with Gasteiger partial charge in [-0.25, -0.2) is 0 Å². The molecule has 0 aromatic carbocycles. The fourth-order valence-electron chi connectivity index (χ4n) is 9.00. The predicted molar refractivity (Wildman–Crippen MR) is 348 cm³/mol. The van der Waals surface area contributed by atoms with Gasteiger partial charge in [-0.05, 0) is 116 Å². The van der Waals surface area contributed by atoms with Crippen molar-refractivity contribution >= 4 is 17.9 Å². The van der Waals surface area contributed by atoms with Crippen molar-refractivity contribution in [2.45, 2.75) is 303 Å². The molecule has 6 nitrogen and oxygen atoms in total. The number of rotatable bonds is 59. The van der Waals surface area contributed by atoms with E-state index in [9.17, 15) is 14.4 Å². The molecule has 0 aliphatic heterocycles. The third kappa shape index (κ3) is 64.4. The second kappa shape index (κ2) is 67.1. The van der Waals surface area contributed by atoms with Crippen molar-refractivity contribution in [2.24, 2.45) is 0 Å². The maximum atomic E-state index is 12.9. The highest BCUT2D eigenvalue weighted by Gasteiger charge is 2.19. The van der Waals surface area contributed by atoms with Crippen LogP contribution >= 0.6 is 0 Å². The predicted octanol–water partition coefficient (Wildman–Crippen LogP) is 22.9. The van der Waals surface area contributed by atoms with Gasteiger partial charge < -0.3 is 14.2 Å². The molecule has 0 radical (unpaired) electrons. The van der Waals surface area contributed by atoms with E-state index in [2.05, 4.69) is 154 Å². The molecule has 0 amide bonds. The summed E-state index contributed by atoms with van der Waals surface area (Å²) < 4.78 is 16.8. The average molecular weight is 1110 g/mol. The van der Waals surface area contributed by atoms with Gasteiger partial charge in [-0.2, -0.15) is 0 Å². The molecule has 0 aromatic heterocycles. The van der Waals surface area contributed by atoms with Gasteiger partial charge in [0.25, 0.3) is 0 Å². The van der Waals surface area contributed by atoms with Gasteiger partial charge in [-0.3, -0.25) is 14.4 Å². The van der Waals surface area contributed by atoms with Crippen LogP contribution in [0, 0.1) is 0 Å². The van der Waals surface area contributed by atoms with E-state index in [1.165, 1.54) is 122 Å². The Morgan fingerprint density at radius 2 is 0.487 bits per heavy atom. The maximum Gasteiger partial charge on any atom is 0.306 e. The van der Waals surface area contributed by atoms with Crippen LogP contribution in [-0.4, -0.2) is 37.2 Å². The lowest BCUT2D eigenvalue weighted by molar-refractivity contribution is -0.167. The summed E-state index contributed by atoms with van der Waals surface area (Å²) in [5.41, 5.74) is 0. The number of esters is 3. The third-order valence-electron chi connectivity index (χ3n) is 13.9. The van der Waals surface area contributed by atoms with Crippen molar-refractivity contribution in [3.8, 4) is 0 Å². The quantitative estimate of drug-likeness (QED) is 0.0261. The molecule has 0 bridgehead atoms. The van der Waals surface area contributed by atoms with E-state index in [0.29, 0.717) is 19.3 Å². The largest absolute Gasteiger partial charge is 0.462 e. The lowest BCUT2D eigenvalue weighted by Gasteiger charge is -2.18. The molecular formula is C74H122O6. The Morgan fingerprint density at radius 3 is 0.762 bits per heavy atom. The first-order valence-corrected chi connectivity index (χ1v) is 33.2. The zero-order chi connectivity index (χ0) is 57.8. The Balaban J connectivity index is 4.11. The number of unbranched alkanes of at least 4 members (excludes halogenated alkanes) is 26. The highest BCUT2D eigenvalue weighted by molar-refractivity contribution is 5.71. The van der Waals surface area contributed by atoms with Crippen LogP contribution in [0.15, 0.2) is 134 Å². The first kappa shape index (κ1) is 75.5. The Kier molecular flexibility index (Phi) is 63.3. The molecule has 0 aliphatic rings. The second-order valence-corrected chi connectivity index (χ2v) is 21.6. The standard InChI is InChI=1S/C74H122O6/c1-4-7-10-13-16-18-20-22-24-26-28-30-32-34-35-36-37-38-39-41-42-44-46-48-50-52-54-56-58-61-64-67-73(76)79-70-71(69-78-72(75)66-63-60-15-12-9-6-3)80-74(77)68-65-62-59-57-55-53-51-49-47-45-43-40-33-31-29-27-25-23-21-19-17-14-11-8-5-2/h7-8,10-11,16-19,22-25,28-31,34-35,37-38,41-42,71H,4-6,9,12-15,20-21,26-27,32-33,36,39-40,43-70H2,1-3H3/b10-7-,11-8-,18-16-,19-17-,24-22-,25-23-,30-28-,31-29-,35-34-,38-37-,42-41-. The van der Waals surface area contributed by atoms with E-state index in [1.807, 2.05) is 0 Å². The number of hydrogen-bond acceptors (Lipinski definition) is 6. The van der Waals surface area contributed by atoms with Crippen LogP contribution in [0.3, 0.4) is 0 Å². The van der Waals surface area contributed by atoms with Gasteiger partial charge in [-0.15, -0.1) is 0 Å². The molecule has 0 saturated carbocycles. The number of ether oxygens (including phenoxy) is 3. The summed E-state index contributed by atoms with van der Waals surface area (Å²) in [6.45, 7) is 6.36. The molecule has 454 valence electrons. The van der Waals surface area contributed by atoms with Crippen LogP contribution < -0.4 is 0 Å². The lowest BCUT2D eigenvalue weighted by Crippen LogP contribution is -2.30. The topological polar surface area (TPSA) is 78.9 Å². The fourth-order valence-corrected chi connectivity index (χ4v) is 9.00. The van der Waals surface area contributed by atoms with Gasteiger partial charge in [0.15, 0.2) is 6.10 Å². The molecule has 1 unspecified atom stereocenters. The number of carbonyl (C=O) groups is 3. The minimum Gasteiger partial charge on any atom is -0.462 e. The highest BCUT2D eigenvalue weighted by atomic mass is 16.6. The zero-order valence-corrected chi connectivity index (χ0v) is 52.0. The van der Waals surface area contributed by atoms with Crippen molar-refractivity contribution in [1.82, 2.24) is 0 Å². The molecule has 0 spiro atoms. The monoisotopic (exact) mass is 1110 g/mol. The molecular weight excluding hydrogens is 985 g/mol. The summed E-state index contributed by atoms with van der Waals surface area (Å²) in [5, 5.41) is 0. The first-order chi connectivity index (χ1) is 39.5. The summed E-state index contributed by atoms with van der Waals surface area (Å²) in [6.07, 6.45) is 95.0. The summed E-state index contributed by atoms with van der Waals surface area (Å²) in [5.74, 6) is -0.896. The van der Waals surface area contributed by atoms with Crippen LogP contribution in [-0.2, 0) is 28.6 Å². The normalized spacial score (nSPS) is 13.0. The summed E-state index contributed by atoms with van der Waals surface area (Å²) in [6, 6.07) is 0. The molecule has 0 rings (SSSR count). The van der Waals surface area contributed by atoms with E-state index in [0.717, 1.165) is 135 Å². The highest BCUT2D eigenvalue weighted by Crippen LogP contribution is 2.16. The van der Waals surface area contributed by atoms with Gasteiger partial charge >= 0.3 is 17.9 Å². The Bertz CT molecular complexity index is 1700. The van der Waals surface area contributed by atoms with Crippen molar-refractivity contribution in [3.05, 3.63) is 134 Å². The Hall–Kier alpha value is -4.45. The van der Waals surface area contributed by atoms with E-state index in [1.54, 1.807) is 0 Å². The van der Waals surface area contributed by atoms with Crippen LogP contribution in [0.4, 0.5) is 0 Å². The van der Waals surface area contributed by atoms with Gasteiger partial charge in [0.2, 0.25) is 0 Å². The zero-order valence-electron chi connectivity index (χ0n) is 52.0. The van der Waals surface area contributed by atoms with Crippen molar-refractivity contribution in [2.75, 3.05) is 13.2 Å². The summed E-state index contributed by atoms with van der Waals surface area (Å²) >= 11 is 0. The van der Waals surface area contributed by atoms with Crippen LogP contribution in [0.2, 0.25) is 0 Å². The Labute approximate surface area is 494 Å². The fraction of sp³-hybridized carbons (Fsp3) is 0.662. The third-order valence-corrected chi connectivity index (χ3v) is 13.9. The molecule has 1 atom stereocenters. The molecule has 6 heteroatoms. The van der Waals surface area contributed by atoms with Crippen molar-refractivity contribution in [1.29, 1.82) is 0 Å². The van der Waals surface area contributed by atoms with E-state index in [-0.39, 0.29) is 31.1 Å². The summed E-state index contributed by atoms with van der Waals surface area (Å²) in [7, 11) is 0. The van der Waals surface area contributed by atoms with Gasteiger partial charge in [-0.1, -0.05) is 296 Å². The average Bonchev–Trinajstić information content (AvgIpc) is 3.46. The first-order valence-electron chi connectivity index (χ1n) is 33.2. The maximum absolute atomic E-state index is 12.9. The number of hydrogen-bond donors (Lipinski definition) is 0. The van der Waals surface area contributed by atoms with Crippen molar-refractivity contribution < 1.29 is 28.6 Å². The van der Waals surface area contributed by atoms with Crippen LogP contribution in [0.1, 0.15) is 297 Å². The van der Waals surface area contributed by atoms with E-state index < -0.39 is 6.10 Å².